The van der Waals surface area contributed by atoms with E-state index in [2.05, 4.69) is 15.6 Å². The van der Waals surface area contributed by atoms with Crippen LogP contribution in [0.2, 0.25) is 0 Å². The molecule has 0 aliphatic rings. The number of rotatable bonds is 8. The average molecular weight is 395 g/mol. The fourth-order valence-electron chi connectivity index (χ4n) is 2.67. The summed E-state index contributed by atoms with van der Waals surface area (Å²) in [5.74, 6) is 0.589. The fraction of sp³-hybridized carbons (Fsp3) is 0.190. The Morgan fingerprint density at radius 3 is 2.69 bits per heavy atom. The number of carbonyl (C=O) groups is 2. The lowest BCUT2D eigenvalue weighted by Gasteiger charge is -2.10. The monoisotopic (exact) mass is 395 g/mol. The Kier molecular flexibility index (Phi) is 6.83. The van der Waals surface area contributed by atoms with Gasteiger partial charge in [-0.3, -0.25) is 10.3 Å². The number of carboxylic acid groups (broad SMARTS) is 1. The molecule has 8 nitrogen and oxygen atoms in total. The maximum atomic E-state index is 11.7. The summed E-state index contributed by atoms with van der Waals surface area (Å²) >= 11 is 0. The molecule has 0 aliphatic carbocycles. The molecule has 150 valence electrons. The zero-order valence-corrected chi connectivity index (χ0v) is 15.6. The third kappa shape index (κ3) is 6.10. The van der Waals surface area contributed by atoms with Crippen LogP contribution in [0.1, 0.15) is 12.0 Å². The van der Waals surface area contributed by atoms with E-state index in [4.69, 9.17) is 14.6 Å². The van der Waals surface area contributed by atoms with E-state index >= 15 is 0 Å². The number of nitrogens with one attached hydrogen (secondary N) is 2. The maximum Gasteiger partial charge on any atom is 0.409 e. The molecule has 0 saturated carbocycles. The first kappa shape index (κ1) is 19.9. The number of carbonyl (C=O) groups excluding carboxylic acids is 1. The van der Waals surface area contributed by atoms with Gasteiger partial charge in [-0.05, 0) is 36.2 Å². The van der Waals surface area contributed by atoms with Crippen LogP contribution in [-0.2, 0) is 11.3 Å². The van der Waals surface area contributed by atoms with Crippen molar-refractivity contribution in [3.8, 4) is 5.75 Å². The molecule has 0 fully saturated rings. The van der Waals surface area contributed by atoms with Gasteiger partial charge in [0.05, 0.1) is 17.8 Å². The van der Waals surface area contributed by atoms with Crippen molar-refractivity contribution in [1.29, 1.82) is 0 Å². The Hall–Kier alpha value is -3.81. The second-order valence-corrected chi connectivity index (χ2v) is 6.16. The SMILES string of the molecule is O=C(O)Nc1ccnc2ccc(OCCCNC(=O)OCc3ccccc3)cc12. The number of pyridine rings is 1. The molecule has 0 spiro atoms. The normalized spacial score (nSPS) is 10.3. The predicted molar refractivity (Wildman–Crippen MR) is 108 cm³/mol. The highest BCUT2D eigenvalue weighted by molar-refractivity contribution is 5.98. The minimum atomic E-state index is -1.14. The van der Waals surface area contributed by atoms with Crippen LogP contribution in [0.15, 0.2) is 60.8 Å². The van der Waals surface area contributed by atoms with Gasteiger partial charge in [-0.1, -0.05) is 30.3 Å². The van der Waals surface area contributed by atoms with Gasteiger partial charge < -0.3 is 19.9 Å². The highest BCUT2D eigenvalue weighted by Gasteiger charge is 2.07. The lowest BCUT2D eigenvalue weighted by Crippen LogP contribution is -2.26. The van der Waals surface area contributed by atoms with Crippen LogP contribution in [0.3, 0.4) is 0 Å². The van der Waals surface area contributed by atoms with Gasteiger partial charge in [0.1, 0.15) is 12.4 Å². The molecule has 0 atom stereocenters. The summed E-state index contributed by atoms with van der Waals surface area (Å²) in [6.45, 7) is 1.02. The van der Waals surface area contributed by atoms with E-state index in [9.17, 15) is 9.59 Å². The van der Waals surface area contributed by atoms with Crippen LogP contribution < -0.4 is 15.4 Å². The predicted octanol–water partition coefficient (Wildman–Crippen LogP) is 4.02. The number of aromatic nitrogens is 1. The van der Waals surface area contributed by atoms with E-state index in [0.717, 1.165) is 5.56 Å². The molecule has 0 saturated heterocycles. The molecule has 0 aliphatic heterocycles. The molecule has 3 rings (SSSR count). The summed E-state index contributed by atoms with van der Waals surface area (Å²) in [6, 6.07) is 16.3. The molecular formula is C21H21N3O5. The largest absolute Gasteiger partial charge is 0.494 e. The lowest BCUT2D eigenvalue weighted by molar-refractivity contribution is 0.139. The minimum absolute atomic E-state index is 0.223. The van der Waals surface area contributed by atoms with E-state index < -0.39 is 12.2 Å². The second kappa shape index (κ2) is 9.93. The summed E-state index contributed by atoms with van der Waals surface area (Å²) in [4.78, 5) is 26.8. The van der Waals surface area contributed by atoms with Crippen molar-refractivity contribution >= 4 is 28.8 Å². The van der Waals surface area contributed by atoms with Gasteiger partial charge in [0.15, 0.2) is 0 Å². The zero-order valence-electron chi connectivity index (χ0n) is 15.6. The van der Waals surface area contributed by atoms with Crippen LogP contribution >= 0.6 is 0 Å². The van der Waals surface area contributed by atoms with E-state index in [1.165, 1.54) is 6.20 Å². The first-order chi connectivity index (χ1) is 14.1. The van der Waals surface area contributed by atoms with Crippen molar-refractivity contribution in [2.45, 2.75) is 13.0 Å². The highest BCUT2D eigenvalue weighted by atomic mass is 16.5. The van der Waals surface area contributed by atoms with Crippen molar-refractivity contribution in [2.24, 2.45) is 0 Å². The molecular weight excluding hydrogens is 374 g/mol. The Morgan fingerprint density at radius 1 is 1.07 bits per heavy atom. The van der Waals surface area contributed by atoms with E-state index in [1.54, 1.807) is 24.3 Å². The molecule has 1 aromatic heterocycles. The van der Waals surface area contributed by atoms with Crippen molar-refractivity contribution in [3.05, 3.63) is 66.4 Å². The molecule has 0 bridgehead atoms. The number of amides is 2. The van der Waals surface area contributed by atoms with Crippen LogP contribution in [0, 0.1) is 0 Å². The molecule has 8 heteroatoms. The summed E-state index contributed by atoms with van der Waals surface area (Å²) in [7, 11) is 0. The van der Waals surface area contributed by atoms with Crippen molar-refractivity contribution < 1.29 is 24.2 Å². The number of hydrogen-bond acceptors (Lipinski definition) is 5. The Morgan fingerprint density at radius 2 is 1.90 bits per heavy atom. The van der Waals surface area contributed by atoms with Gasteiger partial charge in [-0.25, -0.2) is 9.59 Å². The van der Waals surface area contributed by atoms with Crippen molar-refractivity contribution in [3.63, 3.8) is 0 Å². The van der Waals surface area contributed by atoms with Crippen LogP contribution in [0.25, 0.3) is 10.9 Å². The van der Waals surface area contributed by atoms with Crippen molar-refractivity contribution in [1.82, 2.24) is 10.3 Å². The highest BCUT2D eigenvalue weighted by Crippen LogP contribution is 2.26. The standard InChI is InChI=1S/C21H21N3O5/c25-20(26)24-19-9-11-22-18-8-7-16(13-17(18)19)28-12-4-10-23-21(27)29-14-15-5-2-1-3-6-15/h1-3,5-9,11,13H,4,10,12,14H2,(H,22,24)(H,23,27)(H,25,26). The Labute approximate surface area is 167 Å². The molecule has 0 radical (unpaired) electrons. The molecule has 0 unspecified atom stereocenters. The number of alkyl carbamates (subject to hydrolysis) is 1. The molecule has 2 aromatic carbocycles. The molecule has 3 N–H and O–H groups in total. The topological polar surface area (TPSA) is 110 Å². The van der Waals surface area contributed by atoms with Crippen LogP contribution in [0.5, 0.6) is 5.75 Å². The third-order valence-electron chi connectivity index (χ3n) is 4.03. The minimum Gasteiger partial charge on any atom is -0.494 e. The number of benzene rings is 2. The number of hydrogen-bond donors (Lipinski definition) is 3. The average Bonchev–Trinajstić information content (AvgIpc) is 2.73. The zero-order chi connectivity index (χ0) is 20.5. The van der Waals surface area contributed by atoms with E-state index in [0.29, 0.717) is 41.9 Å². The summed E-state index contributed by atoms with van der Waals surface area (Å²) in [5, 5.41) is 14.6. The molecule has 3 aromatic rings. The Bertz CT molecular complexity index is 978. The number of nitrogens with zero attached hydrogens (tertiary/aromatic N) is 1. The van der Waals surface area contributed by atoms with Gasteiger partial charge in [0.25, 0.3) is 0 Å². The van der Waals surface area contributed by atoms with Crippen LogP contribution in [-0.4, -0.2) is 35.4 Å². The molecule has 2 amide bonds. The van der Waals surface area contributed by atoms with Crippen LogP contribution in [0.4, 0.5) is 15.3 Å². The lowest BCUT2D eigenvalue weighted by atomic mass is 10.2. The number of anilines is 1. The number of fused-ring (bicyclic) bond motifs is 1. The summed E-state index contributed by atoms with van der Waals surface area (Å²) in [6.07, 6.45) is 0.506. The third-order valence-corrected chi connectivity index (χ3v) is 4.03. The Balaban J connectivity index is 1.42. The molecule has 29 heavy (non-hydrogen) atoms. The van der Waals surface area contributed by atoms with Gasteiger partial charge in [-0.15, -0.1) is 0 Å². The van der Waals surface area contributed by atoms with Gasteiger partial charge in [0.2, 0.25) is 0 Å². The summed E-state index contributed by atoms with van der Waals surface area (Å²) in [5.41, 5.74) is 2.02. The van der Waals surface area contributed by atoms with Gasteiger partial charge in [0, 0.05) is 18.1 Å². The fourth-order valence-corrected chi connectivity index (χ4v) is 2.67. The van der Waals surface area contributed by atoms with Gasteiger partial charge in [-0.2, -0.15) is 0 Å². The maximum absolute atomic E-state index is 11.7. The first-order valence-corrected chi connectivity index (χ1v) is 9.08. The van der Waals surface area contributed by atoms with E-state index in [1.807, 2.05) is 30.3 Å². The second-order valence-electron chi connectivity index (χ2n) is 6.16. The smallest absolute Gasteiger partial charge is 0.409 e. The van der Waals surface area contributed by atoms with Gasteiger partial charge >= 0.3 is 12.2 Å². The molecule has 1 heterocycles. The van der Waals surface area contributed by atoms with E-state index in [-0.39, 0.29) is 6.61 Å². The summed E-state index contributed by atoms with van der Waals surface area (Å²) < 4.78 is 10.8. The number of ether oxygens (including phenoxy) is 2. The van der Waals surface area contributed by atoms with Crippen molar-refractivity contribution in [2.75, 3.05) is 18.5 Å². The quantitative estimate of drug-likeness (QED) is 0.497. The first-order valence-electron chi connectivity index (χ1n) is 9.08.